The van der Waals surface area contributed by atoms with E-state index in [0.29, 0.717) is 12.0 Å². The molecule has 0 aromatic heterocycles. The van der Waals surface area contributed by atoms with E-state index in [0.717, 1.165) is 12.0 Å². The molecular weight excluding hydrogens is 236 g/mol. The molecule has 0 saturated heterocycles. The van der Waals surface area contributed by atoms with E-state index in [-0.39, 0.29) is 11.9 Å². The maximum Gasteiger partial charge on any atom is 0.309 e. The molecule has 0 amide bonds. The van der Waals surface area contributed by atoms with Crippen LogP contribution >= 0.6 is 0 Å². The molecule has 2 aliphatic rings. The lowest BCUT2D eigenvalue weighted by atomic mass is 10.1. The van der Waals surface area contributed by atoms with Gasteiger partial charge in [0.15, 0.2) is 0 Å². The fraction of sp³-hybridized carbons (Fsp3) is 0.353. The molecule has 96 valence electrons. The summed E-state index contributed by atoms with van der Waals surface area (Å²) in [5.41, 5.74) is 1.46. The molecule has 19 heavy (non-hydrogen) atoms. The fourth-order valence-electron chi connectivity index (χ4n) is 2.98. The van der Waals surface area contributed by atoms with Crippen LogP contribution in [0.1, 0.15) is 24.8 Å². The van der Waals surface area contributed by atoms with E-state index in [2.05, 4.69) is 24.3 Å². The Hall–Kier alpha value is -1.83. The zero-order valence-corrected chi connectivity index (χ0v) is 10.8. The van der Waals surface area contributed by atoms with E-state index in [1.165, 1.54) is 23.6 Å². The van der Waals surface area contributed by atoms with Crippen molar-refractivity contribution >= 4 is 16.7 Å². The second-order valence-electron chi connectivity index (χ2n) is 5.91. The SMILES string of the molecule is O=C(OCc1ccc2ccccc2c1)[C@H]1CC12CC2. The minimum Gasteiger partial charge on any atom is -0.461 e. The monoisotopic (exact) mass is 252 g/mol. The average Bonchev–Trinajstić information content (AvgIpc) is 3.36. The summed E-state index contributed by atoms with van der Waals surface area (Å²) in [5, 5.41) is 2.41. The summed E-state index contributed by atoms with van der Waals surface area (Å²) in [6, 6.07) is 14.5. The summed E-state index contributed by atoms with van der Waals surface area (Å²) in [7, 11) is 0. The molecule has 0 N–H and O–H groups in total. The molecule has 1 atom stereocenters. The van der Waals surface area contributed by atoms with Gasteiger partial charge < -0.3 is 4.74 Å². The van der Waals surface area contributed by atoms with Crippen LogP contribution in [0.2, 0.25) is 0 Å². The first kappa shape index (κ1) is 11.0. The lowest BCUT2D eigenvalue weighted by Gasteiger charge is -2.06. The smallest absolute Gasteiger partial charge is 0.309 e. The van der Waals surface area contributed by atoms with Crippen LogP contribution in [0.5, 0.6) is 0 Å². The van der Waals surface area contributed by atoms with E-state index in [1.807, 2.05) is 18.2 Å². The molecule has 2 aliphatic carbocycles. The van der Waals surface area contributed by atoms with Gasteiger partial charge >= 0.3 is 5.97 Å². The summed E-state index contributed by atoms with van der Waals surface area (Å²) in [5.74, 6) is 0.207. The number of hydrogen-bond donors (Lipinski definition) is 0. The normalized spacial score (nSPS) is 22.4. The molecule has 0 unspecified atom stereocenters. The van der Waals surface area contributed by atoms with Gasteiger partial charge in [-0.25, -0.2) is 0 Å². The highest BCUT2D eigenvalue weighted by atomic mass is 16.5. The molecule has 2 heteroatoms. The fourth-order valence-corrected chi connectivity index (χ4v) is 2.98. The number of carbonyl (C=O) groups excluding carboxylic acids is 1. The quantitative estimate of drug-likeness (QED) is 0.779. The third-order valence-electron chi connectivity index (χ3n) is 4.56. The maximum atomic E-state index is 11.9. The van der Waals surface area contributed by atoms with Gasteiger partial charge in [0.2, 0.25) is 0 Å². The van der Waals surface area contributed by atoms with Crippen LogP contribution in [0.15, 0.2) is 42.5 Å². The summed E-state index contributed by atoms with van der Waals surface area (Å²) >= 11 is 0. The van der Waals surface area contributed by atoms with E-state index < -0.39 is 0 Å². The van der Waals surface area contributed by atoms with E-state index in [1.54, 1.807) is 0 Å². The van der Waals surface area contributed by atoms with Crippen molar-refractivity contribution in [3.05, 3.63) is 48.0 Å². The minimum absolute atomic E-state index is 0.00524. The molecule has 0 bridgehead atoms. The highest BCUT2D eigenvalue weighted by molar-refractivity contribution is 5.83. The molecule has 4 rings (SSSR count). The first-order chi connectivity index (χ1) is 9.27. The number of esters is 1. The predicted octanol–water partition coefficient (Wildman–Crippen LogP) is 3.68. The van der Waals surface area contributed by atoms with E-state index >= 15 is 0 Å². The molecule has 2 aromatic rings. The molecular formula is C17H16O2. The molecule has 2 fully saturated rings. The lowest BCUT2D eigenvalue weighted by molar-refractivity contribution is -0.147. The Balaban J connectivity index is 1.44. The van der Waals surface area contributed by atoms with Gasteiger partial charge in [0.1, 0.15) is 6.61 Å². The first-order valence-electron chi connectivity index (χ1n) is 6.91. The highest BCUT2D eigenvalue weighted by Gasteiger charge is 2.66. The topological polar surface area (TPSA) is 26.3 Å². The van der Waals surface area contributed by atoms with Crippen LogP contribution in [0.25, 0.3) is 10.8 Å². The van der Waals surface area contributed by atoms with Gasteiger partial charge in [-0.3, -0.25) is 4.79 Å². The van der Waals surface area contributed by atoms with Crippen LogP contribution in [-0.2, 0) is 16.1 Å². The molecule has 0 aliphatic heterocycles. The lowest BCUT2D eigenvalue weighted by Crippen LogP contribution is -2.08. The van der Waals surface area contributed by atoms with Gasteiger partial charge in [0.25, 0.3) is 0 Å². The summed E-state index contributed by atoms with van der Waals surface area (Å²) < 4.78 is 5.44. The zero-order valence-electron chi connectivity index (χ0n) is 10.8. The minimum atomic E-state index is 0.00524. The summed E-state index contributed by atoms with van der Waals surface area (Å²) in [6.45, 7) is 0.399. The molecule has 2 nitrogen and oxygen atoms in total. The van der Waals surface area contributed by atoms with Gasteiger partial charge in [-0.1, -0.05) is 36.4 Å². The largest absolute Gasteiger partial charge is 0.461 e. The van der Waals surface area contributed by atoms with Crippen LogP contribution < -0.4 is 0 Å². The third-order valence-corrected chi connectivity index (χ3v) is 4.56. The van der Waals surface area contributed by atoms with Crippen LogP contribution in [0, 0.1) is 11.3 Å². The van der Waals surface area contributed by atoms with Crippen molar-refractivity contribution in [1.29, 1.82) is 0 Å². The van der Waals surface area contributed by atoms with Crippen molar-refractivity contribution in [1.82, 2.24) is 0 Å². The second kappa shape index (κ2) is 3.83. The molecule has 2 aromatic carbocycles. The maximum absolute atomic E-state index is 11.9. The molecule has 0 heterocycles. The van der Waals surface area contributed by atoms with Crippen molar-refractivity contribution in [3.63, 3.8) is 0 Å². The molecule has 2 saturated carbocycles. The van der Waals surface area contributed by atoms with Crippen molar-refractivity contribution in [2.75, 3.05) is 0 Å². The van der Waals surface area contributed by atoms with Crippen LogP contribution in [-0.4, -0.2) is 5.97 Å². The van der Waals surface area contributed by atoms with Gasteiger partial charge in [0, 0.05) is 0 Å². The summed E-state index contributed by atoms with van der Waals surface area (Å²) in [6.07, 6.45) is 3.51. The Morgan fingerprint density at radius 2 is 1.95 bits per heavy atom. The Labute approximate surface area is 112 Å². The number of ether oxygens (including phenoxy) is 1. The van der Waals surface area contributed by atoms with Gasteiger partial charge in [-0.05, 0) is 47.1 Å². The van der Waals surface area contributed by atoms with E-state index in [9.17, 15) is 4.79 Å². The highest BCUT2D eigenvalue weighted by Crippen LogP contribution is 2.70. The van der Waals surface area contributed by atoms with E-state index in [4.69, 9.17) is 4.74 Å². The third kappa shape index (κ3) is 1.92. The van der Waals surface area contributed by atoms with Crippen molar-refractivity contribution in [3.8, 4) is 0 Å². The van der Waals surface area contributed by atoms with Gasteiger partial charge in [-0.2, -0.15) is 0 Å². The molecule has 1 spiro atoms. The molecule has 0 radical (unpaired) electrons. The number of rotatable bonds is 3. The van der Waals surface area contributed by atoms with Crippen molar-refractivity contribution in [2.45, 2.75) is 25.9 Å². The Morgan fingerprint density at radius 1 is 1.16 bits per heavy atom. The Kier molecular flexibility index (Phi) is 2.22. The number of fused-ring (bicyclic) bond motifs is 1. The summed E-state index contributed by atoms with van der Waals surface area (Å²) in [4.78, 5) is 11.9. The van der Waals surface area contributed by atoms with Gasteiger partial charge in [-0.15, -0.1) is 0 Å². The Bertz CT molecular complexity index is 655. The predicted molar refractivity (Wildman–Crippen MR) is 73.5 cm³/mol. The number of carbonyl (C=O) groups is 1. The number of hydrogen-bond acceptors (Lipinski definition) is 2. The van der Waals surface area contributed by atoms with Gasteiger partial charge in [0.05, 0.1) is 5.92 Å². The Morgan fingerprint density at radius 3 is 2.68 bits per heavy atom. The second-order valence-corrected chi connectivity index (χ2v) is 5.91. The number of benzene rings is 2. The average molecular weight is 252 g/mol. The van der Waals surface area contributed by atoms with Crippen LogP contribution in [0.3, 0.4) is 0 Å². The van der Waals surface area contributed by atoms with Crippen LogP contribution in [0.4, 0.5) is 0 Å². The van der Waals surface area contributed by atoms with Crippen molar-refractivity contribution < 1.29 is 9.53 Å². The standard InChI is InChI=1S/C17H16O2/c18-16(15-10-17(15)7-8-17)19-11-12-5-6-13-3-1-2-4-14(13)9-12/h1-6,9,15H,7-8,10-11H2/t15-/m1/s1. The zero-order chi connectivity index (χ0) is 12.9. The first-order valence-corrected chi connectivity index (χ1v) is 6.91. The van der Waals surface area contributed by atoms with Crippen molar-refractivity contribution in [2.24, 2.45) is 11.3 Å².